The molecule has 1 aromatic rings. The number of nitrogens with one attached hydrogen (secondary N) is 3. The number of amides is 6. The number of benzene rings is 1. The predicted octanol–water partition coefficient (Wildman–Crippen LogP) is -0.543. The topological polar surface area (TPSA) is 288 Å². The number of imide groups is 1. The van der Waals surface area contributed by atoms with E-state index in [4.69, 9.17) is 14.2 Å². The highest BCUT2D eigenvalue weighted by molar-refractivity contribution is 6.02. The first kappa shape index (κ1) is 40.4. The van der Waals surface area contributed by atoms with E-state index >= 15 is 0 Å². The first-order valence-electron chi connectivity index (χ1n) is 15.2. The number of rotatable bonds is 17. The molecule has 50 heavy (non-hydrogen) atoms. The molecule has 0 spiro atoms. The molecule has 0 radical (unpaired) electrons. The van der Waals surface area contributed by atoms with E-state index in [1.54, 1.807) is 30.3 Å². The summed E-state index contributed by atoms with van der Waals surface area (Å²) in [5.41, 5.74) is 0.588. The summed E-state index contributed by atoms with van der Waals surface area (Å²) in [7, 11) is 0.903. The van der Waals surface area contributed by atoms with E-state index in [-0.39, 0.29) is 18.2 Å². The fraction of sp³-hybridized carbons (Fsp3) is 0.500. The van der Waals surface area contributed by atoms with E-state index in [9.17, 15) is 58.5 Å². The molecule has 1 aromatic carbocycles. The van der Waals surface area contributed by atoms with Crippen LogP contribution in [0.2, 0.25) is 0 Å². The van der Waals surface area contributed by atoms with Crippen molar-refractivity contribution in [2.24, 2.45) is 5.92 Å². The van der Waals surface area contributed by atoms with Gasteiger partial charge in [0.15, 0.2) is 12.2 Å². The Balaban J connectivity index is 2.21. The number of esters is 1. The highest BCUT2D eigenvalue weighted by Gasteiger charge is 2.55. The van der Waals surface area contributed by atoms with Gasteiger partial charge in [0.2, 0.25) is 11.8 Å². The number of hydrazine groups is 1. The predicted molar refractivity (Wildman–Crippen MR) is 164 cm³/mol. The van der Waals surface area contributed by atoms with Crippen LogP contribution in [-0.2, 0) is 54.4 Å². The van der Waals surface area contributed by atoms with Crippen molar-refractivity contribution < 1.29 is 72.7 Å². The van der Waals surface area contributed by atoms with Crippen LogP contribution in [0.3, 0.4) is 0 Å². The molecule has 0 saturated carbocycles. The van der Waals surface area contributed by atoms with Gasteiger partial charge in [0.05, 0.1) is 13.0 Å². The van der Waals surface area contributed by atoms with Crippen LogP contribution in [0.25, 0.3) is 0 Å². The average Bonchev–Trinajstić information content (AvgIpc) is 3.85. The highest BCUT2D eigenvalue weighted by atomic mass is 16.6. The number of carboxylic acid groups (broad SMARTS) is 3. The van der Waals surface area contributed by atoms with Gasteiger partial charge in [0, 0.05) is 13.5 Å². The van der Waals surface area contributed by atoms with E-state index in [0.29, 0.717) is 10.6 Å². The third-order valence-corrected chi connectivity index (χ3v) is 6.97. The van der Waals surface area contributed by atoms with Crippen molar-refractivity contribution in [1.29, 1.82) is 0 Å². The number of hydrogen-bond donors (Lipinski definition) is 6. The molecule has 0 aliphatic carbocycles. The average molecular weight is 710 g/mol. The van der Waals surface area contributed by atoms with Crippen LogP contribution in [0, 0.1) is 5.92 Å². The van der Waals surface area contributed by atoms with E-state index in [2.05, 4.69) is 16.0 Å². The first-order valence-corrected chi connectivity index (χ1v) is 15.2. The monoisotopic (exact) mass is 709 g/mol. The molecule has 1 fully saturated rings. The van der Waals surface area contributed by atoms with Gasteiger partial charge >= 0.3 is 30.1 Å². The van der Waals surface area contributed by atoms with Crippen molar-refractivity contribution in [3.63, 3.8) is 0 Å². The van der Waals surface area contributed by atoms with E-state index in [1.807, 2.05) is 0 Å². The molecule has 1 saturated heterocycles. The molecule has 2 rings (SSSR count). The zero-order valence-corrected chi connectivity index (χ0v) is 27.5. The Kier molecular flexibility index (Phi) is 15.1. The maximum Gasteiger partial charge on any atom is 0.433 e. The standard InChI is InChI=1S/C30H39N5O15/c1-5-48-28(44)23-22(50-23)27(43)35(30(46)47)34(4)26(42)21(15(2)3)33-24(40)17(11-12-19(36)37)31-25(41)18(13-20(38)39)32-29(45)49-14-16-9-7-6-8-10-16/h6-10,15,17-18,21-23H,5,11-14H2,1-4H3,(H,31,41)(H,32,45)(H,33,40)(H,36,37)(H,38,39)(H,46,47)/t17-,18-,21-,22+,23+/m0/s1. The molecule has 20 nitrogen and oxygen atoms in total. The maximum absolute atomic E-state index is 13.5. The number of aliphatic carboxylic acids is 2. The number of ether oxygens (including phenoxy) is 3. The summed E-state index contributed by atoms with van der Waals surface area (Å²) in [6, 6.07) is 3.31. The number of carbonyl (C=O) groups is 9. The Morgan fingerprint density at radius 1 is 0.840 bits per heavy atom. The summed E-state index contributed by atoms with van der Waals surface area (Å²) in [6.45, 7) is 4.14. The van der Waals surface area contributed by atoms with Crippen LogP contribution in [0.5, 0.6) is 0 Å². The minimum Gasteiger partial charge on any atom is -0.481 e. The Morgan fingerprint density at radius 3 is 2.00 bits per heavy atom. The lowest BCUT2D eigenvalue weighted by Crippen LogP contribution is -2.61. The zero-order chi connectivity index (χ0) is 37.7. The van der Waals surface area contributed by atoms with Gasteiger partial charge in [-0.2, -0.15) is 0 Å². The molecule has 1 heterocycles. The fourth-order valence-corrected chi connectivity index (χ4v) is 4.36. The fourth-order valence-electron chi connectivity index (χ4n) is 4.36. The van der Waals surface area contributed by atoms with Crippen molar-refractivity contribution >= 4 is 53.7 Å². The Labute approximate surface area is 285 Å². The minimum atomic E-state index is -1.93. The normalized spacial score (nSPS) is 16.4. The highest BCUT2D eigenvalue weighted by Crippen LogP contribution is 2.26. The van der Waals surface area contributed by atoms with Gasteiger partial charge in [-0.15, -0.1) is 5.01 Å². The summed E-state index contributed by atoms with van der Waals surface area (Å²) in [6.07, 6.45) is -8.25. The number of likely N-dealkylation sites (N-methyl/N-ethyl adjacent to an activating group) is 1. The van der Waals surface area contributed by atoms with Crippen LogP contribution in [0.1, 0.15) is 45.6 Å². The number of carbonyl (C=O) groups excluding carboxylic acids is 6. The van der Waals surface area contributed by atoms with Gasteiger partial charge in [0.25, 0.3) is 11.8 Å². The van der Waals surface area contributed by atoms with E-state index in [1.165, 1.54) is 20.8 Å². The molecular formula is C30H39N5O15. The van der Waals surface area contributed by atoms with Crippen LogP contribution < -0.4 is 16.0 Å². The molecule has 274 valence electrons. The smallest absolute Gasteiger partial charge is 0.433 e. The number of hydrogen-bond acceptors (Lipinski definition) is 12. The number of alkyl carbamates (subject to hydrolysis) is 1. The Bertz CT molecular complexity index is 1450. The molecule has 0 aromatic heterocycles. The lowest BCUT2D eigenvalue weighted by molar-refractivity contribution is -0.159. The van der Waals surface area contributed by atoms with Crippen molar-refractivity contribution in [3.05, 3.63) is 35.9 Å². The second kappa shape index (κ2) is 18.7. The summed E-state index contributed by atoms with van der Waals surface area (Å²) in [5, 5.41) is 35.2. The van der Waals surface area contributed by atoms with Gasteiger partial charge in [-0.05, 0) is 24.8 Å². The van der Waals surface area contributed by atoms with Crippen molar-refractivity contribution in [2.75, 3.05) is 13.7 Å². The lowest BCUT2D eigenvalue weighted by atomic mass is 10.0. The SMILES string of the molecule is CCOC(=O)[C@@H]1O[C@H]1C(=O)N(C(=O)O)N(C)C(=O)[C@@H](NC(=O)[C@H](CCC(=O)O)NC(=O)[C@H](CC(=O)O)NC(=O)OCc1ccccc1)C(C)C. The second-order valence-corrected chi connectivity index (χ2v) is 11.1. The van der Waals surface area contributed by atoms with Crippen LogP contribution >= 0.6 is 0 Å². The summed E-state index contributed by atoms with van der Waals surface area (Å²) >= 11 is 0. The van der Waals surface area contributed by atoms with E-state index < -0.39 is 109 Å². The summed E-state index contributed by atoms with van der Waals surface area (Å²) in [4.78, 5) is 112. The zero-order valence-electron chi connectivity index (χ0n) is 27.5. The van der Waals surface area contributed by atoms with Crippen molar-refractivity contribution in [1.82, 2.24) is 26.0 Å². The van der Waals surface area contributed by atoms with Crippen LogP contribution in [0.4, 0.5) is 9.59 Å². The second-order valence-electron chi connectivity index (χ2n) is 11.1. The number of epoxide rings is 1. The minimum absolute atomic E-state index is 0.0174. The van der Waals surface area contributed by atoms with Crippen LogP contribution in [-0.4, -0.2) is 123 Å². The molecular weight excluding hydrogens is 670 g/mol. The van der Waals surface area contributed by atoms with Crippen LogP contribution in [0.15, 0.2) is 30.3 Å². The molecule has 5 atom stereocenters. The summed E-state index contributed by atoms with van der Waals surface area (Å²) < 4.78 is 14.7. The molecule has 0 unspecified atom stereocenters. The third kappa shape index (κ3) is 12.0. The molecule has 6 N–H and O–H groups in total. The number of nitrogens with zero attached hydrogens (tertiary/aromatic N) is 2. The van der Waals surface area contributed by atoms with Gasteiger partial charge in [0.1, 0.15) is 24.7 Å². The molecule has 1 aliphatic rings. The van der Waals surface area contributed by atoms with Crippen molar-refractivity contribution in [2.45, 2.75) is 77.0 Å². The molecule has 20 heteroatoms. The molecule has 0 bridgehead atoms. The molecule has 1 aliphatic heterocycles. The summed E-state index contributed by atoms with van der Waals surface area (Å²) in [5.74, 6) is -9.39. The van der Waals surface area contributed by atoms with E-state index in [0.717, 1.165) is 7.05 Å². The van der Waals surface area contributed by atoms with Crippen molar-refractivity contribution in [3.8, 4) is 0 Å². The Hall–Kier alpha value is -5.79. The number of carboxylic acids is 2. The third-order valence-electron chi connectivity index (χ3n) is 6.97. The Morgan fingerprint density at radius 2 is 1.46 bits per heavy atom. The largest absolute Gasteiger partial charge is 0.481 e. The quantitative estimate of drug-likeness (QED) is 0.0672. The van der Waals surface area contributed by atoms with Gasteiger partial charge in [-0.1, -0.05) is 44.2 Å². The molecule has 6 amide bonds. The first-order chi connectivity index (χ1) is 23.5. The van der Waals surface area contributed by atoms with Gasteiger partial charge < -0.3 is 45.5 Å². The van der Waals surface area contributed by atoms with Gasteiger partial charge in [-0.25, -0.2) is 19.4 Å². The lowest BCUT2D eigenvalue weighted by Gasteiger charge is -2.32. The maximum atomic E-state index is 13.5. The van der Waals surface area contributed by atoms with Gasteiger partial charge in [-0.3, -0.25) is 28.8 Å².